The first-order chi connectivity index (χ1) is 16.8. The first-order valence-corrected chi connectivity index (χ1v) is 14.4. The minimum Gasteiger partial charge on any atom is -0.379 e. The Kier molecular flexibility index (Phi) is 18.4. The lowest BCUT2D eigenvalue weighted by Gasteiger charge is -2.19. The van der Waals surface area contributed by atoms with Crippen molar-refractivity contribution >= 4 is 11.8 Å². The lowest BCUT2D eigenvalue weighted by Crippen LogP contribution is -2.31. The van der Waals surface area contributed by atoms with Crippen LogP contribution in [0, 0.1) is 17.8 Å². The molecule has 0 aromatic rings. The van der Waals surface area contributed by atoms with E-state index in [9.17, 15) is 9.59 Å². The third-order valence-electron chi connectivity index (χ3n) is 6.67. The van der Waals surface area contributed by atoms with E-state index in [2.05, 4.69) is 27.7 Å². The second kappa shape index (κ2) is 20.1. The average molecular weight is 498 g/mol. The number of imide groups is 1. The molecule has 206 valence electrons. The van der Waals surface area contributed by atoms with E-state index in [1.807, 2.05) is 6.92 Å². The van der Waals surface area contributed by atoms with Gasteiger partial charge in [0.15, 0.2) is 0 Å². The number of rotatable bonds is 23. The fourth-order valence-electron chi connectivity index (χ4n) is 4.31. The molecule has 0 aromatic heterocycles. The van der Waals surface area contributed by atoms with E-state index in [-0.39, 0.29) is 23.8 Å². The molecule has 0 spiro atoms. The Hall–Kier alpha value is -0.980. The van der Waals surface area contributed by atoms with Gasteiger partial charge in [0.05, 0.1) is 25.9 Å². The number of unbranched alkanes of at least 4 members (excludes halogenated alkanes) is 6. The number of carbonyl (C=O) groups is 2. The third-order valence-corrected chi connectivity index (χ3v) is 6.67. The molecule has 0 aliphatic carbocycles. The SMILES string of the molecule is CC(C)CCCCCCCC(COCCCCCN1C(=O)CC(C)C1=O)OCCOCCC(C)C. The first-order valence-electron chi connectivity index (χ1n) is 14.4. The molecule has 0 saturated carbocycles. The van der Waals surface area contributed by atoms with Crippen molar-refractivity contribution < 1.29 is 23.8 Å². The molecule has 1 rings (SSSR count). The Morgan fingerprint density at radius 3 is 2.06 bits per heavy atom. The number of carbonyl (C=O) groups excluding carboxylic acids is 2. The Bertz CT molecular complexity index is 551. The molecule has 1 fully saturated rings. The molecule has 6 nitrogen and oxygen atoms in total. The molecule has 2 amide bonds. The van der Waals surface area contributed by atoms with E-state index in [4.69, 9.17) is 14.2 Å². The van der Waals surface area contributed by atoms with Gasteiger partial charge in [0.2, 0.25) is 11.8 Å². The van der Waals surface area contributed by atoms with Gasteiger partial charge in [0.1, 0.15) is 0 Å². The van der Waals surface area contributed by atoms with Crippen molar-refractivity contribution in [2.24, 2.45) is 17.8 Å². The molecule has 0 bridgehead atoms. The Balaban J connectivity index is 2.17. The lowest BCUT2D eigenvalue weighted by atomic mass is 10.0. The zero-order valence-corrected chi connectivity index (χ0v) is 23.5. The molecular weight excluding hydrogens is 442 g/mol. The quantitative estimate of drug-likeness (QED) is 0.121. The summed E-state index contributed by atoms with van der Waals surface area (Å²) in [5.74, 6) is 1.29. The molecule has 6 heteroatoms. The van der Waals surface area contributed by atoms with Crippen LogP contribution in [0.3, 0.4) is 0 Å². The Morgan fingerprint density at radius 1 is 0.743 bits per heavy atom. The van der Waals surface area contributed by atoms with Crippen LogP contribution < -0.4 is 0 Å². The number of amides is 2. The van der Waals surface area contributed by atoms with Crippen LogP contribution >= 0.6 is 0 Å². The molecule has 2 atom stereocenters. The normalized spacial score (nSPS) is 17.3. The van der Waals surface area contributed by atoms with Gasteiger partial charge in [0.25, 0.3) is 0 Å². The van der Waals surface area contributed by atoms with Crippen molar-refractivity contribution in [1.29, 1.82) is 0 Å². The maximum absolute atomic E-state index is 12.0. The van der Waals surface area contributed by atoms with Gasteiger partial charge in [0, 0.05) is 32.1 Å². The van der Waals surface area contributed by atoms with E-state index in [1.165, 1.54) is 43.4 Å². The summed E-state index contributed by atoms with van der Waals surface area (Å²) in [6.07, 6.45) is 13.1. The van der Waals surface area contributed by atoms with Gasteiger partial charge in [-0.05, 0) is 43.9 Å². The zero-order chi connectivity index (χ0) is 25.9. The zero-order valence-electron chi connectivity index (χ0n) is 23.5. The molecule has 0 aromatic carbocycles. The number of nitrogens with zero attached hydrogens (tertiary/aromatic N) is 1. The lowest BCUT2D eigenvalue weighted by molar-refractivity contribution is -0.139. The van der Waals surface area contributed by atoms with E-state index in [0.29, 0.717) is 45.3 Å². The molecule has 35 heavy (non-hydrogen) atoms. The molecule has 0 radical (unpaired) electrons. The summed E-state index contributed by atoms with van der Waals surface area (Å²) < 4.78 is 17.8. The smallest absolute Gasteiger partial charge is 0.232 e. The van der Waals surface area contributed by atoms with Crippen LogP contribution in [0.15, 0.2) is 0 Å². The Labute approximate surface area is 215 Å². The number of hydrogen-bond acceptors (Lipinski definition) is 5. The van der Waals surface area contributed by atoms with Crippen LogP contribution in [0.1, 0.15) is 112 Å². The van der Waals surface area contributed by atoms with Crippen molar-refractivity contribution in [1.82, 2.24) is 4.90 Å². The molecule has 0 N–H and O–H groups in total. The van der Waals surface area contributed by atoms with Crippen LogP contribution in [0.25, 0.3) is 0 Å². The van der Waals surface area contributed by atoms with E-state index in [0.717, 1.165) is 44.6 Å². The van der Waals surface area contributed by atoms with Crippen LogP contribution in [0.4, 0.5) is 0 Å². The summed E-state index contributed by atoms with van der Waals surface area (Å²) in [7, 11) is 0. The third kappa shape index (κ3) is 16.4. The number of likely N-dealkylation sites (tertiary alicyclic amines) is 1. The average Bonchev–Trinajstić information content (AvgIpc) is 3.04. The summed E-state index contributed by atoms with van der Waals surface area (Å²) in [6, 6.07) is 0. The van der Waals surface area contributed by atoms with Gasteiger partial charge in [-0.15, -0.1) is 0 Å². The number of hydrogen-bond donors (Lipinski definition) is 0. The standard InChI is InChI=1S/C29H55NO5/c1-24(2)14-10-7-6-8-11-15-27(35-21-20-33-19-16-25(3)4)23-34-18-13-9-12-17-30-28(31)22-26(5)29(30)32/h24-27H,6-23H2,1-5H3. The largest absolute Gasteiger partial charge is 0.379 e. The second-order valence-corrected chi connectivity index (χ2v) is 11.2. The van der Waals surface area contributed by atoms with E-state index in [1.54, 1.807) is 0 Å². The number of ether oxygens (including phenoxy) is 3. The summed E-state index contributed by atoms with van der Waals surface area (Å²) in [5, 5.41) is 0. The van der Waals surface area contributed by atoms with Gasteiger partial charge < -0.3 is 14.2 Å². The van der Waals surface area contributed by atoms with Crippen molar-refractivity contribution in [3.63, 3.8) is 0 Å². The minimum absolute atomic E-state index is 0.0145. The fourth-order valence-corrected chi connectivity index (χ4v) is 4.31. The van der Waals surface area contributed by atoms with E-state index >= 15 is 0 Å². The predicted molar refractivity (Wildman–Crippen MR) is 142 cm³/mol. The monoisotopic (exact) mass is 497 g/mol. The highest BCUT2D eigenvalue weighted by Crippen LogP contribution is 2.19. The summed E-state index contributed by atoms with van der Waals surface area (Å²) in [6.45, 7) is 14.8. The first kappa shape index (κ1) is 32.0. The molecule has 1 saturated heterocycles. The predicted octanol–water partition coefficient (Wildman–Crippen LogP) is 6.40. The van der Waals surface area contributed by atoms with Crippen LogP contribution in [-0.2, 0) is 23.8 Å². The topological polar surface area (TPSA) is 65.1 Å². The molecule has 1 aliphatic rings. The van der Waals surface area contributed by atoms with Gasteiger partial charge in [-0.25, -0.2) is 0 Å². The Morgan fingerprint density at radius 2 is 1.40 bits per heavy atom. The highest BCUT2D eigenvalue weighted by molar-refractivity contribution is 6.03. The summed E-state index contributed by atoms with van der Waals surface area (Å²) in [4.78, 5) is 25.3. The van der Waals surface area contributed by atoms with Gasteiger partial charge in [-0.3, -0.25) is 14.5 Å². The van der Waals surface area contributed by atoms with Crippen LogP contribution in [0.2, 0.25) is 0 Å². The fraction of sp³-hybridized carbons (Fsp3) is 0.931. The van der Waals surface area contributed by atoms with Gasteiger partial charge in [-0.1, -0.05) is 73.1 Å². The van der Waals surface area contributed by atoms with Crippen LogP contribution in [0.5, 0.6) is 0 Å². The van der Waals surface area contributed by atoms with Crippen molar-refractivity contribution in [2.75, 3.05) is 39.6 Å². The highest BCUT2D eigenvalue weighted by atomic mass is 16.5. The van der Waals surface area contributed by atoms with Crippen molar-refractivity contribution in [3.05, 3.63) is 0 Å². The van der Waals surface area contributed by atoms with Gasteiger partial charge >= 0.3 is 0 Å². The summed E-state index contributed by atoms with van der Waals surface area (Å²) in [5.41, 5.74) is 0. The van der Waals surface area contributed by atoms with Crippen molar-refractivity contribution in [2.45, 2.75) is 118 Å². The maximum Gasteiger partial charge on any atom is 0.232 e. The van der Waals surface area contributed by atoms with E-state index < -0.39 is 0 Å². The molecular formula is C29H55NO5. The highest BCUT2D eigenvalue weighted by Gasteiger charge is 2.34. The minimum atomic E-state index is -0.150. The molecule has 1 heterocycles. The molecule has 1 aliphatic heterocycles. The van der Waals surface area contributed by atoms with Gasteiger partial charge in [-0.2, -0.15) is 0 Å². The van der Waals surface area contributed by atoms with Crippen LogP contribution in [-0.4, -0.2) is 62.4 Å². The van der Waals surface area contributed by atoms with Crippen molar-refractivity contribution in [3.8, 4) is 0 Å². The maximum atomic E-state index is 12.0. The summed E-state index contributed by atoms with van der Waals surface area (Å²) >= 11 is 0. The second-order valence-electron chi connectivity index (χ2n) is 11.2. The molecule has 2 unspecified atom stereocenters.